The standard InChI is InChI=1S/C22H20N6O4S2/c23-33(29,30)21-9-5-17(6-10-21)27-13-1-3-19(27)15-25-26-16-20-4-2-14-28(20)18-7-11-22(12-8-18)34(24,31)32/h1-16H,(H2,23,29,30)(H2,24,31,32). The van der Waals surface area contributed by atoms with Crippen molar-refractivity contribution in [3.05, 3.63) is 96.6 Å². The SMILES string of the molecule is NS(=O)(=O)c1ccc(-n2cccc2C=NN=Cc2cccn2-c2ccc(S(N)(=O)=O)cc2)cc1. The molecule has 4 rings (SSSR count). The quantitative estimate of drug-likeness (QED) is 0.297. The van der Waals surface area contributed by atoms with E-state index in [4.69, 9.17) is 10.3 Å². The fourth-order valence-electron chi connectivity index (χ4n) is 3.25. The van der Waals surface area contributed by atoms with E-state index < -0.39 is 20.0 Å². The number of nitrogens with zero attached hydrogens (tertiary/aromatic N) is 4. The molecule has 0 aliphatic carbocycles. The topological polar surface area (TPSA) is 155 Å². The lowest BCUT2D eigenvalue weighted by molar-refractivity contribution is 0.596. The van der Waals surface area contributed by atoms with Gasteiger partial charge >= 0.3 is 0 Å². The molecule has 0 aliphatic heterocycles. The van der Waals surface area contributed by atoms with Gasteiger partial charge in [-0.15, -0.1) is 0 Å². The van der Waals surface area contributed by atoms with Gasteiger partial charge in [-0.2, -0.15) is 10.2 Å². The van der Waals surface area contributed by atoms with Crippen LogP contribution in [0, 0.1) is 0 Å². The fourth-order valence-corrected chi connectivity index (χ4v) is 4.28. The number of primary sulfonamides is 2. The Labute approximate surface area is 196 Å². The number of aromatic nitrogens is 2. The Bertz CT molecular complexity index is 1460. The van der Waals surface area contributed by atoms with E-state index in [-0.39, 0.29) is 9.79 Å². The van der Waals surface area contributed by atoms with Gasteiger partial charge in [-0.05, 0) is 72.8 Å². The second-order valence-corrected chi connectivity index (χ2v) is 10.3. The molecule has 0 atom stereocenters. The van der Waals surface area contributed by atoms with Gasteiger partial charge in [0.2, 0.25) is 20.0 Å². The summed E-state index contributed by atoms with van der Waals surface area (Å²) in [5.74, 6) is 0. The summed E-state index contributed by atoms with van der Waals surface area (Å²) in [5.41, 5.74) is 2.93. The Morgan fingerprint density at radius 2 is 0.941 bits per heavy atom. The number of nitrogens with two attached hydrogens (primary N) is 2. The lowest BCUT2D eigenvalue weighted by Crippen LogP contribution is -2.12. The number of rotatable bonds is 7. The van der Waals surface area contributed by atoms with Gasteiger partial charge in [0, 0.05) is 23.8 Å². The maximum atomic E-state index is 11.4. The Morgan fingerprint density at radius 3 is 1.26 bits per heavy atom. The maximum Gasteiger partial charge on any atom is 0.238 e. The normalized spacial score (nSPS) is 12.6. The van der Waals surface area contributed by atoms with Crippen LogP contribution < -0.4 is 10.3 Å². The molecular weight excluding hydrogens is 476 g/mol. The molecule has 0 fully saturated rings. The van der Waals surface area contributed by atoms with Crippen LogP contribution >= 0.6 is 0 Å². The zero-order valence-corrected chi connectivity index (χ0v) is 19.3. The van der Waals surface area contributed by atoms with E-state index in [0.717, 1.165) is 22.8 Å². The van der Waals surface area contributed by atoms with Crippen molar-refractivity contribution in [1.29, 1.82) is 0 Å². The highest BCUT2D eigenvalue weighted by Gasteiger charge is 2.09. The van der Waals surface area contributed by atoms with Crippen molar-refractivity contribution in [2.24, 2.45) is 20.5 Å². The number of hydrogen-bond donors (Lipinski definition) is 2. The van der Waals surface area contributed by atoms with E-state index in [9.17, 15) is 16.8 Å². The van der Waals surface area contributed by atoms with Crippen LogP contribution in [0.4, 0.5) is 0 Å². The Kier molecular flexibility index (Phi) is 6.30. The predicted molar refractivity (Wildman–Crippen MR) is 129 cm³/mol. The van der Waals surface area contributed by atoms with Crippen molar-refractivity contribution < 1.29 is 16.8 Å². The van der Waals surface area contributed by atoms with E-state index >= 15 is 0 Å². The van der Waals surface area contributed by atoms with Gasteiger partial charge in [-0.3, -0.25) is 0 Å². The second-order valence-electron chi connectivity index (χ2n) is 7.17. The van der Waals surface area contributed by atoms with Crippen molar-refractivity contribution in [3.8, 4) is 11.4 Å². The van der Waals surface area contributed by atoms with Gasteiger partial charge in [0.05, 0.1) is 33.6 Å². The molecule has 0 saturated carbocycles. The van der Waals surface area contributed by atoms with Gasteiger partial charge in [0.15, 0.2) is 0 Å². The molecule has 0 unspecified atom stereocenters. The van der Waals surface area contributed by atoms with Gasteiger partial charge in [-0.25, -0.2) is 27.1 Å². The van der Waals surface area contributed by atoms with Crippen LogP contribution in [-0.4, -0.2) is 38.4 Å². The van der Waals surface area contributed by atoms with E-state index in [0.29, 0.717) is 0 Å². The Balaban J connectivity index is 1.51. The third kappa shape index (κ3) is 5.21. The first-order chi connectivity index (χ1) is 16.1. The average Bonchev–Trinajstić information content (AvgIpc) is 3.45. The van der Waals surface area contributed by atoms with Crippen molar-refractivity contribution >= 4 is 32.5 Å². The third-order valence-electron chi connectivity index (χ3n) is 4.89. The zero-order chi connectivity index (χ0) is 24.3. The molecule has 34 heavy (non-hydrogen) atoms. The predicted octanol–water partition coefficient (Wildman–Crippen LogP) is 2.02. The first-order valence-electron chi connectivity index (χ1n) is 9.80. The number of benzene rings is 2. The fraction of sp³-hybridized carbons (Fsp3) is 0. The molecule has 0 radical (unpaired) electrons. The summed E-state index contributed by atoms with van der Waals surface area (Å²) in [6, 6.07) is 19.7. The number of sulfonamides is 2. The molecule has 2 aromatic carbocycles. The van der Waals surface area contributed by atoms with Crippen LogP contribution in [0.3, 0.4) is 0 Å². The van der Waals surface area contributed by atoms with Crippen LogP contribution in [0.2, 0.25) is 0 Å². The van der Waals surface area contributed by atoms with Crippen LogP contribution in [0.5, 0.6) is 0 Å². The summed E-state index contributed by atoms with van der Waals surface area (Å²) in [6.45, 7) is 0. The highest BCUT2D eigenvalue weighted by atomic mass is 32.2. The van der Waals surface area contributed by atoms with Gasteiger partial charge in [-0.1, -0.05) is 0 Å². The minimum Gasteiger partial charge on any atom is -0.316 e. The van der Waals surface area contributed by atoms with E-state index in [1.54, 1.807) is 36.7 Å². The Hall–Kier alpha value is -3.84. The minimum absolute atomic E-state index is 0.0329. The molecule has 12 heteroatoms. The van der Waals surface area contributed by atoms with Crippen molar-refractivity contribution in [2.75, 3.05) is 0 Å². The second kappa shape index (κ2) is 9.19. The van der Waals surface area contributed by atoms with Crippen molar-refractivity contribution in [1.82, 2.24) is 9.13 Å². The smallest absolute Gasteiger partial charge is 0.238 e. The molecule has 0 bridgehead atoms. The summed E-state index contributed by atoms with van der Waals surface area (Å²) < 4.78 is 49.4. The molecule has 4 N–H and O–H groups in total. The lowest BCUT2D eigenvalue weighted by Gasteiger charge is -2.07. The minimum atomic E-state index is -3.76. The van der Waals surface area contributed by atoms with Crippen LogP contribution in [0.1, 0.15) is 11.4 Å². The molecule has 0 amide bonds. The first-order valence-corrected chi connectivity index (χ1v) is 12.9. The largest absolute Gasteiger partial charge is 0.316 e. The lowest BCUT2D eigenvalue weighted by atomic mass is 10.3. The molecule has 10 nitrogen and oxygen atoms in total. The summed E-state index contributed by atoms with van der Waals surface area (Å²) >= 11 is 0. The van der Waals surface area contributed by atoms with Gasteiger partial charge < -0.3 is 9.13 Å². The summed E-state index contributed by atoms with van der Waals surface area (Å²) in [4.78, 5) is 0.0658. The summed E-state index contributed by atoms with van der Waals surface area (Å²) in [7, 11) is -7.52. The molecule has 2 aromatic heterocycles. The monoisotopic (exact) mass is 496 g/mol. The molecule has 4 aromatic rings. The van der Waals surface area contributed by atoms with Crippen LogP contribution in [0.25, 0.3) is 11.4 Å². The van der Waals surface area contributed by atoms with Gasteiger partial charge in [0.25, 0.3) is 0 Å². The molecule has 0 saturated heterocycles. The summed E-state index contributed by atoms with van der Waals surface area (Å²) in [5, 5.41) is 18.5. The third-order valence-corrected chi connectivity index (χ3v) is 6.75. The van der Waals surface area contributed by atoms with Crippen LogP contribution in [0.15, 0.2) is 105 Å². The van der Waals surface area contributed by atoms with Crippen molar-refractivity contribution in [3.63, 3.8) is 0 Å². The number of hydrogen-bond acceptors (Lipinski definition) is 6. The molecule has 2 heterocycles. The average molecular weight is 497 g/mol. The Morgan fingerprint density at radius 1 is 0.588 bits per heavy atom. The summed E-state index contributed by atoms with van der Waals surface area (Å²) in [6.07, 6.45) is 6.76. The van der Waals surface area contributed by atoms with E-state index in [1.807, 2.05) is 45.8 Å². The zero-order valence-electron chi connectivity index (χ0n) is 17.6. The van der Waals surface area contributed by atoms with Crippen LogP contribution in [-0.2, 0) is 20.0 Å². The van der Waals surface area contributed by atoms with E-state index in [1.165, 1.54) is 24.3 Å². The first kappa shape index (κ1) is 23.3. The highest BCUT2D eigenvalue weighted by Crippen LogP contribution is 2.16. The van der Waals surface area contributed by atoms with Crippen molar-refractivity contribution in [2.45, 2.75) is 9.79 Å². The molecule has 174 valence electrons. The maximum absolute atomic E-state index is 11.4. The van der Waals surface area contributed by atoms with E-state index in [2.05, 4.69) is 10.2 Å². The van der Waals surface area contributed by atoms with Gasteiger partial charge in [0.1, 0.15) is 0 Å². The molecule has 0 aliphatic rings. The molecular formula is C22H20N6O4S2. The molecule has 0 spiro atoms. The highest BCUT2D eigenvalue weighted by molar-refractivity contribution is 7.89.